The van der Waals surface area contributed by atoms with Gasteiger partial charge in [-0.25, -0.2) is 9.07 Å². The third-order valence-electron chi connectivity index (χ3n) is 4.73. The van der Waals surface area contributed by atoms with Crippen LogP contribution >= 0.6 is 0 Å². The number of carbonyl (C=O) groups excluding carboxylic acids is 1. The molecule has 1 unspecified atom stereocenters. The lowest BCUT2D eigenvalue weighted by molar-refractivity contribution is -0.141. The number of rotatable bonds is 4. The normalized spacial score (nSPS) is 17.1. The minimum atomic E-state index is -0.855. The number of aliphatic carboxylic acids is 1. The number of aryl methyl sites for hydroxylation is 1. The van der Waals surface area contributed by atoms with Crippen molar-refractivity contribution in [1.82, 2.24) is 14.7 Å². The zero-order chi connectivity index (χ0) is 18.1. The lowest BCUT2D eigenvalue weighted by Gasteiger charge is -2.16. The van der Waals surface area contributed by atoms with Gasteiger partial charge in [-0.1, -0.05) is 0 Å². The van der Waals surface area contributed by atoms with E-state index in [-0.39, 0.29) is 24.7 Å². The van der Waals surface area contributed by atoms with Gasteiger partial charge in [0.05, 0.1) is 23.7 Å². The Balaban J connectivity index is 1.78. The van der Waals surface area contributed by atoms with Crippen LogP contribution in [0.3, 0.4) is 0 Å². The van der Waals surface area contributed by atoms with Gasteiger partial charge in [0, 0.05) is 24.3 Å². The summed E-state index contributed by atoms with van der Waals surface area (Å²) in [6.45, 7) is 4.44. The van der Waals surface area contributed by atoms with Crippen LogP contribution in [-0.4, -0.2) is 44.8 Å². The van der Waals surface area contributed by atoms with E-state index in [9.17, 15) is 14.0 Å². The van der Waals surface area contributed by atoms with Crippen LogP contribution in [0.1, 0.15) is 23.4 Å². The molecule has 1 aromatic carbocycles. The van der Waals surface area contributed by atoms with Crippen LogP contribution in [0.4, 0.5) is 4.39 Å². The molecular weight excluding hydrogens is 325 g/mol. The van der Waals surface area contributed by atoms with Crippen LogP contribution in [-0.2, 0) is 16.0 Å². The van der Waals surface area contributed by atoms with E-state index in [4.69, 9.17) is 5.11 Å². The van der Waals surface area contributed by atoms with Gasteiger partial charge in [0.2, 0.25) is 5.91 Å². The molecule has 1 aliphatic heterocycles. The molecule has 6 nitrogen and oxygen atoms in total. The maximum Gasteiger partial charge on any atom is 0.308 e. The monoisotopic (exact) mass is 345 g/mol. The Morgan fingerprint density at radius 1 is 1.28 bits per heavy atom. The quantitative estimate of drug-likeness (QED) is 0.921. The summed E-state index contributed by atoms with van der Waals surface area (Å²) in [7, 11) is 0. The van der Waals surface area contributed by atoms with E-state index in [2.05, 4.69) is 5.10 Å². The minimum absolute atomic E-state index is 0.0893. The number of carbonyl (C=O) groups is 2. The SMILES string of the molecule is Cc1nn(-c2ccc(F)cc2)c(C)c1CC(=O)N1CCC(C(=O)O)C1. The number of halogens is 1. The van der Waals surface area contributed by atoms with E-state index in [0.717, 1.165) is 22.6 Å². The molecule has 1 atom stereocenters. The molecule has 1 aromatic heterocycles. The van der Waals surface area contributed by atoms with Crippen molar-refractivity contribution < 1.29 is 19.1 Å². The first-order valence-corrected chi connectivity index (χ1v) is 8.18. The lowest BCUT2D eigenvalue weighted by atomic mass is 10.1. The van der Waals surface area contributed by atoms with Crippen molar-refractivity contribution in [2.75, 3.05) is 13.1 Å². The van der Waals surface area contributed by atoms with E-state index in [1.807, 2.05) is 13.8 Å². The maximum absolute atomic E-state index is 13.1. The molecule has 132 valence electrons. The van der Waals surface area contributed by atoms with Crippen LogP contribution in [0.25, 0.3) is 5.69 Å². The van der Waals surface area contributed by atoms with Crippen molar-refractivity contribution in [2.45, 2.75) is 26.7 Å². The molecule has 0 bridgehead atoms. The number of nitrogens with zero attached hydrogens (tertiary/aromatic N) is 3. The predicted molar refractivity (Wildman–Crippen MR) is 89.0 cm³/mol. The molecule has 0 aliphatic carbocycles. The molecule has 1 aliphatic rings. The summed E-state index contributed by atoms with van der Waals surface area (Å²) in [4.78, 5) is 25.2. The van der Waals surface area contributed by atoms with Gasteiger partial charge in [0.15, 0.2) is 0 Å². The average molecular weight is 345 g/mol. The van der Waals surface area contributed by atoms with Crippen molar-refractivity contribution in [3.8, 4) is 5.69 Å². The summed E-state index contributed by atoms with van der Waals surface area (Å²) in [5.74, 6) is -1.74. The highest BCUT2D eigenvalue weighted by molar-refractivity contribution is 5.81. The first-order valence-electron chi connectivity index (χ1n) is 8.18. The zero-order valence-corrected chi connectivity index (χ0v) is 14.2. The third kappa shape index (κ3) is 3.40. The Hall–Kier alpha value is -2.70. The van der Waals surface area contributed by atoms with Crippen LogP contribution in [0.15, 0.2) is 24.3 Å². The van der Waals surface area contributed by atoms with Crippen LogP contribution in [0, 0.1) is 25.6 Å². The second-order valence-electron chi connectivity index (χ2n) is 6.38. The highest BCUT2D eigenvalue weighted by Gasteiger charge is 2.31. The predicted octanol–water partition coefficient (Wildman–Crippen LogP) is 2.10. The molecule has 0 spiro atoms. The molecule has 25 heavy (non-hydrogen) atoms. The topological polar surface area (TPSA) is 75.4 Å². The van der Waals surface area contributed by atoms with Gasteiger partial charge >= 0.3 is 5.97 Å². The molecule has 0 saturated carbocycles. The van der Waals surface area contributed by atoms with Gasteiger partial charge in [0.1, 0.15) is 5.82 Å². The smallest absolute Gasteiger partial charge is 0.308 e. The second-order valence-corrected chi connectivity index (χ2v) is 6.38. The molecule has 1 fully saturated rings. The van der Waals surface area contributed by atoms with Gasteiger partial charge in [-0.05, 0) is 44.5 Å². The number of hydrogen-bond donors (Lipinski definition) is 1. The fraction of sp³-hybridized carbons (Fsp3) is 0.389. The number of aromatic nitrogens is 2. The molecule has 1 N–H and O–H groups in total. The maximum atomic E-state index is 13.1. The Kier molecular flexibility index (Phi) is 4.57. The van der Waals surface area contributed by atoms with Gasteiger partial charge < -0.3 is 10.0 Å². The molecule has 1 saturated heterocycles. The van der Waals surface area contributed by atoms with E-state index in [1.165, 1.54) is 12.1 Å². The van der Waals surface area contributed by atoms with Gasteiger partial charge in [-0.2, -0.15) is 5.10 Å². The Bertz CT molecular complexity index is 814. The number of hydrogen-bond acceptors (Lipinski definition) is 3. The number of likely N-dealkylation sites (tertiary alicyclic amines) is 1. The average Bonchev–Trinajstić information content (AvgIpc) is 3.17. The Morgan fingerprint density at radius 2 is 1.96 bits per heavy atom. The van der Waals surface area contributed by atoms with Crippen molar-refractivity contribution in [1.29, 1.82) is 0 Å². The highest BCUT2D eigenvalue weighted by atomic mass is 19.1. The van der Waals surface area contributed by atoms with Crippen molar-refractivity contribution in [3.63, 3.8) is 0 Å². The first kappa shape index (κ1) is 17.1. The fourth-order valence-electron chi connectivity index (χ4n) is 3.22. The summed E-state index contributed by atoms with van der Waals surface area (Å²) in [6, 6.07) is 6.01. The van der Waals surface area contributed by atoms with Crippen molar-refractivity contribution in [3.05, 3.63) is 47.0 Å². The Morgan fingerprint density at radius 3 is 2.56 bits per heavy atom. The van der Waals surface area contributed by atoms with Crippen molar-refractivity contribution >= 4 is 11.9 Å². The first-order chi connectivity index (χ1) is 11.9. The molecule has 1 amide bonds. The van der Waals surface area contributed by atoms with E-state index < -0.39 is 11.9 Å². The van der Waals surface area contributed by atoms with Gasteiger partial charge in [-0.3, -0.25) is 9.59 Å². The summed E-state index contributed by atoms with van der Waals surface area (Å²) >= 11 is 0. The molecule has 0 radical (unpaired) electrons. The lowest BCUT2D eigenvalue weighted by Crippen LogP contribution is -2.31. The minimum Gasteiger partial charge on any atom is -0.481 e. The van der Waals surface area contributed by atoms with Gasteiger partial charge in [0.25, 0.3) is 0 Å². The van der Waals surface area contributed by atoms with Crippen LogP contribution in [0.5, 0.6) is 0 Å². The molecule has 3 rings (SSSR count). The van der Waals surface area contributed by atoms with Gasteiger partial charge in [-0.15, -0.1) is 0 Å². The fourth-order valence-corrected chi connectivity index (χ4v) is 3.22. The summed E-state index contributed by atoms with van der Waals surface area (Å²) in [6.07, 6.45) is 0.680. The number of carboxylic acids is 1. The highest BCUT2D eigenvalue weighted by Crippen LogP contribution is 2.22. The van der Waals surface area contributed by atoms with E-state index in [1.54, 1.807) is 21.7 Å². The second kappa shape index (κ2) is 6.66. The number of benzene rings is 1. The zero-order valence-electron chi connectivity index (χ0n) is 14.2. The van der Waals surface area contributed by atoms with Crippen LogP contribution < -0.4 is 0 Å². The van der Waals surface area contributed by atoms with Crippen molar-refractivity contribution in [2.24, 2.45) is 5.92 Å². The molecule has 7 heteroatoms. The third-order valence-corrected chi connectivity index (χ3v) is 4.73. The van der Waals surface area contributed by atoms with E-state index >= 15 is 0 Å². The summed E-state index contributed by atoms with van der Waals surface area (Å²) in [5.41, 5.74) is 3.12. The number of carboxylic acid groups (broad SMARTS) is 1. The standard InChI is InChI=1S/C18H20FN3O3/c1-11-16(9-17(23)21-8-7-13(10-21)18(24)25)12(2)22(20-11)15-5-3-14(19)4-6-15/h3-6,13H,7-10H2,1-2H3,(H,24,25). The molecule has 2 aromatic rings. The number of amides is 1. The van der Waals surface area contributed by atoms with Crippen LogP contribution in [0.2, 0.25) is 0 Å². The molecule has 2 heterocycles. The summed E-state index contributed by atoms with van der Waals surface area (Å²) < 4.78 is 14.8. The summed E-state index contributed by atoms with van der Waals surface area (Å²) in [5, 5.41) is 13.5. The largest absolute Gasteiger partial charge is 0.481 e. The Labute approximate surface area is 144 Å². The molecular formula is C18H20FN3O3. The van der Waals surface area contributed by atoms with E-state index in [0.29, 0.717) is 13.0 Å².